The number of benzene rings is 1. The molecule has 6 heteroatoms. The van der Waals surface area contributed by atoms with Crippen molar-refractivity contribution in [2.45, 2.75) is 24.7 Å². The standard InChI is InChI=1S/C11H14ClFO3S/c1-7(17(2,15)16)11(14)6-8-3-4-9(12)10(13)5-8/h3-5,7,11,14H,6H2,1-2H3. The van der Waals surface area contributed by atoms with E-state index < -0.39 is 27.0 Å². The van der Waals surface area contributed by atoms with Gasteiger partial charge in [-0.2, -0.15) is 0 Å². The lowest BCUT2D eigenvalue weighted by molar-refractivity contribution is 0.173. The van der Waals surface area contributed by atoms with Crippen LogP contribution in [-0.2, 0) is 16.3 Å². The van der Waals surface area contributed by atoms with Crippen LogP contribution in [0.2, 0.25) is 5.02 Å². The third-order valence-corrected chi connectivity index (χ3v) is 4.62. The molecule has 17 heavy (non-hydrogen) atoms. The maximum absolute atomic E-state index is 13.1. The maximum Gasteiger partial charge on any atom is 0.152 e. The van der Waals surface area contributed by atoms with E-state index in [1.165, 1.54) is 19.1 Å². The lowest BCUT2D eigenvalue weighted by atomic mass is 10.1. The predicted molar refractivity (Wildman–Crippen MR) is 65.4 cm³/mol. The summed E-state index contributed by atoms with van der Waals surface area (Å²) in [5, 5.41) is 8.84. The normalized spacial score (nSPS) is 15.6. The minimum atomic E-state index is -3.31. The Morgan fingerprint density at radius 1 is 1.47 bits per heavy atom. The number of rotatable bonds is 4. The van der Waals surface area contributed by atoms with E-state index in [0.717, 1.165) is 6.26 Å². The molecule has 0 fully saturated rings. The first kappa shape index (κ1) is 14.4. The first-order chi connectivity index (χ1) is 7.71. The SMILES string of the molecule is CC(C(O)Cc1ccc(Cl)c(F)c1)S(C)(=O)=O. The predicted octanol–water partition coefficient (Wildman–Crippen LogP) is 1.82. The average Bonchev–Trinajstić information content (AvgIpc) is 2.21. The maximum atomic E-state index is 13.1. The molecule has 0 heterocycles. The van der Waals surface area contributed by atoms with Gasteiger partial charge < -0.3 is 5.11 Å². The van der Waals surface area contributed by atoms with Crippen LogP contribution in [0.3, 0.4) is 0 Å². The van der Waals surface area contributed by atoms with E-state index in [1.54, 1.807) is 6.07 Å². The highest BCUT2D eigenvalue weighted by molar-refractivity contribution is 7.91. The van der Waals surface area contributed by atoms with Gasteiger partial charge in [-0.3, -0.25) is 0 Å². The van der Waals surface area contributed by atoms with Gasteiger partial charge in [0, 0.05) is 6.26 Å². The number of hydrogen-bond acceptors (Lipinski definition) is 3. The van der Waals surface area contributed by atoms with Crippen molar-refractivity contribution in [3.8, 4) is 0 Å². The molecule has 2 atom stereocenters. The van der Waals surface area contributed by atoms with E-state index in [9.17, 15) is 17.9 Å². The van der Waals surface area contributed by atoms with Crippen LogP contribution in [0.1, 0.15) is 12.5 Å². The smallest absolute Gasteiger partial charge is 0.152 e. The van der Waals surface area contributed by atoms with Crippen molar-refractivity contribution in [2.75, 3.05) is 6.26 Å². The van der Waals surface area contributed by atoms with E-state index in [2.05, 4.69) is 0 Å². The zero-order valence-electron chi connectivity index (χ0n) is 9.52. The molecule has 0 aliphatic heterocycles. The molecule has 1 aromatic rings. The molecule has 0 saturated carbocycles. The van der Waals surface area contributed by atoms with Crippen molar-refractivity contribution in [1.82, 2.24) is 0 Å². The Balaban J connectivity index is 2.81. The van der Waals surface area contributed by atoms with E-state index >= 15 is 0 Å². The molecule has 0 radical (unpaired) electrons. The molecule has 1 aromatic carbocycles. The Bertz CT molecular complexity index is 501. The van der Waals surface area contributed by atoms with Gasteiger partial charge in [0.05, 0.1) is 16.4 Å². The van der Waals surface area contributed by atoms with Crippen molar-refractivity contribution < 1.29 is 17.9 Å². The molecule has 1 rings (SSSR count). The first-order valence-electron chi connectivity index (χ1n) is 5.02. The van der Waals surface area contributed by atoms with Gasteiger partial charge in [-0.1, -0.05) is 17.7 Å². The molecule has 0 aliphatic rings. The molecule has 1 N–H and O–H groups in total. The zero-order chi connectivity index (χ0) is 13.2. The summed E-state index contributed by atoms with van der Waals surface area (Å²) in [6, 6.07) is 4.13. The molecular weight excluding hydrogens is 267 g/mol. The van der Waals surface area contributed by atoms with Gasteiger partial charge in [-0.15, -0.1) is 0 Å². The Hall–Kier alpha value is -0.650. The highest BCUT2D eigenvalue weighted by atomic mass is 35.5. The molecule has 0 aromatic heterocycles. The summed E-state index contributed by atoms with van der Waals surface area (Å²) in [4.78, 5) is 0. The Morgan fingerprint density at radius 3 is 2.53 bits per heavy atom. The van der Waals surface area contributed by atoms with Crippen molar-refractivity contribution in [2.24, 2.45) is 0 Å². The summed E-state index contributed by atoms with van der Waals surface area (Å²) in [5.74, 6) is -0.580. The topological polar surface area (TPSA) is 54.4 Å². The van der Waals surface area contributed by atoms with E-state index in [1.807, 2.05) is 0 Å². The molecule has 2 unspecified atom stereocenters. The Labute approximate surface area is 105 Å². The van der Waals surface area contributed by atoms with Crippen LogP contribution in [0.25, 0.3) is 0 Å². The zero-order valence-corrected chi connectivity index (χ0v) is 11.1. The highest BCUT2D eigenvalue weighted by Gasteiger charge is 2.24. The summed E-state index contributed by atoms with van der Waals surface area (Å²) in [6.45, 7) is 1.42. The number of aliphatic hydroxyl groups excluding tert-OH is 1. The van der Waals surface area contributed by atoms with Crippen molar-refractivity contribution in [1.29, 1.82) is 0 Å². The second-order valence-electron chi connectivity index (χ2n) is 4.05. The Kier molecular flexibility index (Phi) is 4.52. The molecule has 0 bridgehead atoms. The average molecular weight is 281 g/mol. The second-order valence-corrected chi connectivity index (χ2v) is 6.86. The monoisotopic (exact) mass is 280 g/mol. The van der Waals surface area contributed by atoms with Gasteiger partial charge in [-0.05, 0) is 31.0 Å². The van der Waals surface area contributed by atoms with Gasteiger partial charge in [0.25, 0.3) is 0 Å². The van der Waals surface area contributed by atoms with E-state index in [0.29, 0.717) is 5.56 Å². The van der Waals surface area contributed by atoms with Crippen LogP contribution in [0.5, 0.6) is 0 Å². The molecule has 3 nitrogen and oxygen atoms in total. The molecule has 0 saturated heterocycles. The molecular formula is C11H14ClFO3S. The summed E-state index contributed by atoms with van der Waals surface area (Å²) < 4.78 is 35.6. The van der Waals surface area contributed by atoms with Crippen molar-refractivity contribution in [3.63, 3.8) is 0 Å². The van der Waals surface area contributed by atoms with Gasteiger partial charge >= 0.3 is 0 Å². The fraction of sp³-hybridized carbons (Fsp3) is 0.455. The highest BCUT2D eigenvalue weighted by Crippen LogP contribution is 2.18. The third kappa shape index (κ3) is 3.94. The summed E-state index contributed by atoms with van der Waals surface area (Å²) in [7, 11) is -3.31. The van der Waals surface area contributed by atoms with Crippen molar-refractivity contribution in [3.05, 3.63) is 34.6 Å². The number of hydrogen-bond donors (Lipinski definition) is 1. The molecule has 0 spiro atoms. The quantitative estimate of drug-likeness (QED) is 0.915. The van der Waals surface area contributed by atoms with Crippen LogP contribution < -0.4 is 0 Å². The van der Waals surface area contributed by atoms with Crippen LogP contribution in [0, 0.1) is 5.82 Å². The molecule has 0 aliphatic carbocycles. The van der Waals surface area contributed by atoms with Gasteiger partial charge in [0.2, 0.25) is 0 Å². The van der Waals surface area contributed by atoms with Crippen LogP contribution in [-0.4, -0.2) is 31.1 Å². The minimum absolute atomic E-state index is 0.000554. The summed E-state index contributed by atoms with van der Waals surface area (Å²) in [5.41, 5.74) is 0.509. The van der Waals surface area contributed by atoms with E-state index in [4.69, 9.17) is 11.6 Å². The van der Waals surface area contributed by atoms with Crippen molar-refractivity contribution >= 4 is 21.4 Å². The Morgan fingerprint density at radius 2 is 2.06 bits per heavy atom. The lowest BCUT2D eigenvalue weighted by Crippen LogP contribution is -2.32. The number of aliphatic hydroxyl groups is 1. The summed E-state index contributed by atoms with van der Waals surface area (Å²) >= 11 is 5.52. The van der Waals surface area contributed by atoms with Gasteiger partial charge in [0.1, 0.15) is 5.82 Å². The fourth-order valence-corrected chi connectivity index (χ4v) is 2.14. The fourth-order valence-electron chi connectivity index (χ4n) is 1.36. The second kappa shape index (κ2) is 5.33. The largest absolute Gasteiger partial charge is 0.391 e. The van der Waals surface area contributed by atoms with Crippen LogP contribution in [0.15, 0.2) is 18.2 Å². The van der Waals surface area contributed by atoms with Crippen LogP contribution in [0.4, 0.5) is 4.39 Å². The van der Waals surface area contributed by atoms with Crippen LogP contribution >= 0.6 is 11.6 Å². The third-order valence-electron chi connectivity index (χ3n) is 2.65. The van der Waals surface area contributed by atoms with Gasteiger partial charge in [0.15, 0.2) is 9.84 Å². The van der Waals surface area contributed by atoms with E-state index in [-0.39, 0.29) is 11.4 Å². The first-order valence-corrected chi connectivity index (χ1v) is 7.36. The lowest BCUT2D eigenvalue weighted by Gasteiger charge is -2.17. The molecule has 96 valence electrons. The molecule has 0 amide bonds. The summed E-state index contributed by atoms with van der Waals surface area (Å²) in [6.07, 6.45) is 0.0663. The minimum Gasteiger partial charge on any atom is -0.391 e. The van der Waals surface area contributed by atoms with Gasteiger partial charge in [-0.25, -0.2) is 12.8 Å². The number of sulfone groups is 1. The number of halogens is 2.